The maximum Gasteiger partial charge on any atom is 0.268 e. The van der Waals surface area contributed by atoms with Crippen LogP contribution in [0, 0.1) is 12.8 Å². The molecule has 1 aliphatic carbocycles. The van der Waals surface area contributed by atoms with Crippen molar-refractivity contribution in [1.29, 1.82) is 0 Å². The lowest BCUT2D eigenvalue weighted by molar-refractivity contribution is 0.0939. The van der Waals surface area contributed by atoms with Crippen molar-refractivity contribution in [3.05, 3.63) is 58.6 Å². The van der Waals surface area contributed by atoms with Crippen molar-refractivity contribution in [2.75, 3.05) is 0 Å². The van der Waals surface area contributed by atoms with Crippen LogP contribution in [0.3, 0.4) is 0 Å². The number of rotatable bonds is 5. The Morgan fingerprint density at radius 3 is 2.75 bits per heavy atom. The lowest BCUT2D eigenvalue weighted by atomic mass is 9.85. The molecule has 1 aliphatic rings. The molecule has 0 unspecified atom stereocenters. The molecule has 0 aliphatic heterocycles. The third-order valence-electron chi connectivity index (χ3n) is 4.91. The summed E-state index contributed by atoms with van der Waals surface area (Å²) in [4.78, 5) is 14.1. The van der Waals surface area contributed by atoms with Gasteiger partial charge in [-0.1, -0.05) is 36.8 Å². The Bertz CT molecular complexity index is 859. The molecule has 3 nitrogen and oxygen atoms in total. The molecule has 1 N–H and O–H groups in total. The van der Waals surface area contributed by atoms with E-state index in [9.17, 15) is 4.79 Å². The molecule has 0 atom stereocenters. The Kier molecular flexibility index (Phi) is 4.15. The first-order valence-corrected chi connectivity index (χ1v) is 9.44. The van der Waals surface area contributed by atoms with E-state index in [4.69, 9.17) is 0 Å². The molecule has 2 heterocycles. The zero-order chi connectivity index (χ0) is 16.5. The molecule has 4 heteroatoms. The van der Waals surface area contributed by atoms with E-state index in [0.29, 0.717) is 6.54 Å². The highest BCUT2D eigenvalue weighted by atomic mass is 32.1. The largest absolute Gasteiger partial charge is 0.347 e. The third kappa shape index (κ3) is 2.98. The summed E-state index contributed by atoms with van der Waals surface area (Å²) in [6.45, 7) is 3.67. The van der Waals surface area contributed by atoms with Gasteiger partial charge in [0.2, 0.25) is 0 Å². The van der Waals surface area contributed by atoms with Gasteiger partial charge in [0.15, 0.2) is 0 Å². The number of fused-ring (bicyclic) bond motifs is 1. The van der Waals surface area contributed by atoms with Crippen molar-refractivity contribution in [2.45, 2.75) is 39.3 Å². The fraction of sp³-hybridized carbons (Fsp3) is 0.350. The summed E-state index contributed by atoms with van der Waals surface area (Å²) < 4.78 is 3.46. The van der Waals surface area contributed by atoms with Crippen molar-refractivity contribution >= 4 is 27.5 Å². The van der Waals surface area contributed by atoms with Crippen LogP contribution in [0.1, 0.15) is 40.2 Å². The van der Waals surface area contributed by atoms with Gasteiger partial charge in [-0.05, 0) is 43.4 Å². The van der Waals surface area contributed by atoms with Gasteiger partial charge in [-0.25, -0.2) is 0 Å². The number of aryl methyl sites for hydroxylation is 1. The molecule has 3 aromatic rings. The summed E-state index contributed by atoms with van der Waals surface area (Å²) in [6, 6.07) is 14.3. The quantitative estimate of drug-likeness (QED) is 0.716. The second-order valence-electron chi connectivity index (χ2n) is 6.71. The second kappa shape index (κ2) is 6.44. The molecule has 24 heavy (non-hydrogen) atoms. The van der Waals surface area contributed by atoms with E-state index in [1.165, 1.54) is 34.4 Å². The van der Waals surface area contributed by atoms with Crippen LogP contribution < -0.4 is 5.32 Å². The maximum absolute atomic E-state index is 12.8. The Morgan fingerprint density at radius 1 is 1.25 bits per heavy atom. The summed E-state index contributed by atoms with van der Waals surface area (Å²) in [5, 5.41) is 3.08. The second-order valence-corrected chi connectivity index (χ2v) is 8.00. The van der Waals surface area contributed by atoms with Gasteiger partial charge >= 0.3 is 0 Å². The zero-order valence-corrected chi connectivity index (χ0v) is 14.7. The first kappa shape index (κ1) is 15.5. The number of aromatic nitrogens is 1. The summed E-state index contributed by atoms with van der Waals surface area (Å²) in [5.41, 5.74) is 3.15. The van der Waals surface area contributed by atoms with Crippen LogP contribution in [0.15, 0.2) is 42.5 Å². The highest BCUT2D eigenvalue weighted by Crippen LogP contribution is 2.33. The predicted molar refractivity (Wildman–Crippen MR) is 99.5 cm³/mol. The molecular weight excluding hydrogens is 316 g/mol. The van der Waals surface area contributed by atoms with E-state index in [1.807, 2.05) is 30.3 Å². The van der Waals surface area contributed by atoms with E-state index >= 15 is 0 Å². The van der Waals surface area contributed by atoms with Crippen LogP contribution in [-0.4, -0.2) is 10.5 Å². The highest BCUT2D eigenvalue weighted by molar-refractivity contribution is 7.19. The number of nitrogens with one attached hydrogen (secondary N) is 1. The van der Waals surface area contributed by atoms with Gasteiger partial charge in [0.1, 0.15) is 5.69 Å². The minimum atomic E-state index is 0.0271. The number of nitrogens with zero attached hydrogens (tertiary/aromatic N) is 1. The highest BCUT2D eigenvalue weighted by Gasteiger charge is 2.23. The fourth-order valence-electron chi connectivity index (χ4n) is 3.35. The van der Waals surface area contributed by atoms with Crippen LogP contribution in [-0.2, 0) is 13.1 Å². The predicted octanol–water partition coefficient (Wildman–Crippen LogP) is 4.74. The van der Waals surface area contributed by atoms with E-state index in [2.05, 4.69) is 28.9 Å². The van der Waals surface area contributed by atoms with Crippen LogP contribution >= 0.6 is 11.3 Å². The maximum atomic E-state index is 12.8. The number of benzene rings is 1. The Hall–Kier alpha value is -2.07. The van der Waals surface area contributed by atoms with Crippen molar-refractivity contribution in [1.82, 2.24) is 9.88 Å². The lowest BCUT2D eigenvalue weighted by Gasteiger charge is -2.26. The minimum Gasteiger partial charge on any atom is -0.347 e. The van der Waals surface area contributed by atoms with E-state index in [-0.39, 0.29) is 5.91 Å². The zero-order valence-electron chi connectivity index (χ0n) is 13.9. The third-order valence-corrected chi connectivity index (χ3v) is 5.89. The van der Waals surface area contributed by atoms with Gasteiger partial charge in [0.05, 0.1) is 10.2 Å². The molecule has 124 valence electrons. The van der Waals surface area contributed by atoms with Gasteiger partial charge < -0.3 is 9.88 Å². The number of hydrogen-bond acceptors (Lipinski definition) is 2. The molecule has 0 bridgehead atoms. The molecule has 4 rings (SSSR count). The Labute approximate surface area is 146 Å². The molecule has 2 aromatic heterocycles. The number of thiophene rings is 1. The van der Waals surface area contributed by atoms with Gasteiger partial charge in [-0.15, -0.1) is 11.3 Å². The topological polar surface area (TPSA) is 34.0 Å². The standard InChI is InChI=1S/C20H22N2OS/c1-14-10-17-19(24-14)11-18(22(17)13-16-8-5-9-16)20(23)21-12-15-6-3-2-4-7-15/h2-4,6-7,10-11,16H,5,8-9,12-13H2,1H3,(H,21,23). The number of carbonyl (C=O) groups excluding carboxylic acids is 1. The smallest absolute Gasteiger partial charge is 0.268 e. The van der Waals surface area contributed by atoms with Crippen molar-refractivity contribution in [2.24, 2.45) is 5.92 Å². The van der Waals surface area contributed by atoms with E-state index < -0.39 is 0 Å². The van der Waals surface area contributed by atoms with Crippen LogP contribution in [0.2, 0.25) is 0 Å². The Balaban J connectivity index is 1.58. The minimum absolute atomic E-state index is 0.0271. The Morgan fingerprint density at radius 2 is 2.04 bits per heavy atom. The molecule has 1 saturated carbocycles. The van der Waals surface area contributed by atoms with Gasteiger partial charge in [0, 0.05) is 18.0 Å². The SMILES string of the molecule is Cc1cc2c(cc(C(=O)NCc3ccccc3)n2CC2CCC2)s1. The van der Waals surface area contributed by atoms with Crippen molar-refractivity contribution < 1.29 is 4.79 Å². The molecule has 0 spiro atoms. The van der Waals surface area contributed by atoms with Gasteiger partial charge in [0.25, 0.3) is 5.91 Å². The first-order valence-electron chi connectivity index (χ1n) is 8.62. The summed E-state index contributed by atoms with van der Waals surface area (Å²) >= 11 is 1.77. The normalized spacial score (nSPS) is 14.7. The fourth-order valence-corrected chi connectivity index (χ4v) is 4.31. The lowest BCUT2D eigenvalue weighted by Crippen LogP contribution is -2.27. The van der Waals surface area contributed by atoms with E-state index in [1.54, 1.807) is 11.3 Å². The first-order chi connectivity index (χ1) is 11.7. The van der Waals surface area contributed by atoms with Gasteiger partial charge in [-0.2, -0.15) is 0 Å². The van der Waals surface area contributed by atoms with Crippen LogP contribution in [0.5, 0.6) is 0 Å². The molecule has 0 saturated heterocycles. The monoisotopic (exact) mass is 338 g/mol. The molecular formula is C20H22N2OS. The molecule has 1 fully saturated rings. The van der Waals surface area contributed by atoms with E-state index in [0.717, 1.165) is 23.7 Å². The molecule has 0 radical (unpaired) electrons. The summed E-state index contributed by atoms with van der Waals surface area (Å²) in [5.74, 6) is 0.751. The van der Waals surface area contributed by atoms with Crippen LogP contribution in [0.4, 0.5) is 0 Å². The number of amides is 1. The van der Waals surface area contributed by atoms with Crippen LogP contribution in [0.25, 0.3) is 10.2 Å². The van der Waals surface area contributed by atoms with Crippen molar-refractivity contribution in [3.8, 4) is 0 Å². The molecule has 1 aromatic carbocycles. The average molecular weight is 338 g/mol. The number of hydrogen-bond donors (Lipinski definition) is 1. The van der Waals surface area contributed by atoms with Gasteiger partial charge in [-0.3, -0.25) is 4.79 Å². The average Bonchev–Trinajstić information content (AvgIpc) is 3.06. The number of carbonyl (C=O) groups is 1. The summed E-state index contributed by atoms with van der Waals surface area (Å²) in [6.07, 6.45) is 3.90. The summed E-state index contributed by atoms with van der Waals surface area (Å²) in [7, 11) is 0. The molecule has 1 amide bonds. The van der Waals surface area contributed by atoms with Crippen molar-refractivity contribution in [3.63, 3.8) is 0 Å².